The third-order valence-corrected chi connectivity index (χ3v) is 6.10. The Labute approximate surface area is 165 Å². The number of ketones is 1. The first kappa shape index (κ1) is 18.2. The summed E-state index contributed by atoms with van der Waals surface area (Å²) in [5.41, 5.74) is 0.0775. The van der Waals surface area contributed by atoms with Crippen molar-refractivity contribution in [2.24, 2.45) is 0 Å². The summed E-state index contributed by atoms with van der Waals surface area (Å²) >= 11 is 5.92. The fourth-order valence-electron chi connectivity index (χ4n) is 2.70. The maximum absolute atomic E-state index is 13.3. The molecule has 4 rings (SSSR count). The van der Waals surface area contributed by atoms with Crippen molar-refractivity contribution in [3.8, 4) is 11.3 Å². The molecule has 0 aliphatic rings. The van der Waals surface area contributed by atoms with Crippen molar-refractivity contribution in [1.82, 2.24) is 5.16 Å². The van der Waals surface area contributed by atoms with Crippen LogP contribution in [0, 0.1) is 0 Å². The van der Waals surface area contributed by atoms with E-state index in [1.54, 1.807) is 42.5 Å². The predicted molar refractivity (Wildman–Crippen MR) is 101 cm³/mol. The average molecular weight is 414 g/mol. The molecule has 0 aliphatic heterocycles. The Hall–Kier alpha value is -3.16. The summed E-state index contributed by atoms with van der Waals surface area (Å²) < 4.78 is 37.1. The minimum atomic E-state index is -4.10. The number of carbonyl (C=O) groups is 1. The van der Waals surface area contributed by atoms with Gasteiger partial charge in [-0.3, -0.25) is 4.79 Å². The molecule has 4 aromatic rings. The van der Waals surface area contributed by atoms with Gasteiger partial charge in [-0.25, -0.2) is 8.42 Å². The minimum absolute atomic E-state index is 0.0157. The zero-order chi connectivity index (χ0) is 19.7. The van der Waals surface area contributed by atoms with E-state index in [0.717, 1.165) is 0 Å². The van der Waals surface area contributed by atoms with E-state index < -0.39 is 15.6 Å². The lowest BCUT2D eigenvalue weighted by atomic mass is 10.1. The van der Waals surface area contributed by atoms with Crippen LogP contribution in [0.5, 0.6) is 0 Å². The molecular weight excluding hydrogens is 402 g/mol. The predicted octanol–water partition coefficient (Wildman–Crippen LogP) is 4.65. The molecule has 0 saturated carbocycles. The van der Waals surface area contributed by atoms with Crippen LogP contribution < -0.4 is 0 Å². The average Bonchev–Trinajstić information content (AvgIpc) is 3.39. The summed E-state index contributed by atoms with van der Waals surface area (Å²) in [5, 5.41) is 4.24. The SMILES string of the molecule is O=C(c1ccco1)c1noc(-c2ccc(Cl)cc2)c1S(=O)(=O)c1ccccc1. The lowest BCUT2D eigenvalue weighted by Crippen LogP contribution is -2.10. The molecule has 0 spiro atoms. The summed E-state index contributed by atoms with van der Waals surface area (Å²) in [7, 11) is -4.10. The first-order chi connectivity index (χ1) is 13.5. The Morgan fingerprint density at radius 3 is 2.29 bits per heavy atom. The summed E-state index contributed by atoms with van der Waals surface area (Å²) in [6, 6.07) is 17.1. The lowest BCUT2D eigenvalue weighted by molar-refractivity contribution is 0.0998. The number of hydrogen-bond donors (Lipinski definition) is 0. The highest BCUT2D eigenvalue weighted by atomic mass is 35.5. The molecule has 0 saturated heterocycles. The molecule has 0 fully saturated rings. The van der Waals surface area contributed by atoms with Gasteiger partial charge in [0.25, 0.3) is 5.78 Å². The molecule has 140 valence electrons. The number of halogens is 1. The molecule has 0 bridgehead atoms. The highest BCUT2D eigenvalue weighted by Gasteiger charge is 2.35. The van der Waals surface area contributed by atoms with Crippen LogP contribution >= 0.6 is 11.6 Å². The van der Waals surface area contributed by atoms with Crippen molar-refractivity contribution in [3.05, 3.63) is 89.5 Å². The van der Waals surface area contributed by atoms with E-state index in [0.29, 0.717) is 10.6 Å². The van der Waals surface area contributed by atoms with Crippen LogP contribution in [-0.2, 0) is 9.84 Å². The zero-order valence-electron chi connectivity index (χ0n) is 14.2. The Morgan fingerprint density at radius 1 is 0.929 bits per heavy atom. The standard InChI is InChI=1S/C20H12ClNO5S/c21-14-10-8-13(9-11-14)19-20(28(24,25)15-5-2-1-3-6-15)17(22-27-19)18(23)16-7-4-12-26-16/h1-12H. The van der Waals surface area contributed by atoms with E-state index in [1.807, 2.05) is 0 Å². The molecule has 0 N–H and O–H groups in total. The quantitative estimate of drug-likeness (QED) is 0.442. The van der Waals surface area contributed by atoms with Gasteiger partial charge in [-0.15, -0.1) is 0 Å². The third kappa shape index (κ3) is 3.15. The molecule has 0 radical (unpaired) electrons. The Balaban J connectivity index is 1.97. The van der Waals surface area contributed by atoms with Crippen molar-refractivity contribution in [2.45, 2.75) is 9.79 Å². The number of furan rings is 1. The van der Waals surface area contributed by atoms with Gasteiger partial charge in [0.1, 0.15) is 0 Å². The Bertz CT molecular complexity index is 1230. The molecule has 0 amide bonds. The number of benzene rings is 2. The van der Waals surface area contributed by atoms with Gasteiger partial charge < -0.3 is 8.94 Å². The maximum atomic E-state index is 13.3. The molecule has 0 atom stereocenters. The van der Waals surface area contributed by atoms with E-state index in [-0.39, 0.29) is 27.0 Å². The highest BCUT2D eigenvalue weighted by molar-refractivity contribution is 7.91. The topological polar surface area (TPSA) is 90.4 Å². The maximum Gasteiger partial charge on any atom is 0.251 e. The summed E-state index contributed by atoms with van der Waals surface area (Å²) in [6.07, 6.45) is 1.32. The van der Waals surface area contributed by atoms with Gasteiger partial charge in [-0.2, -0.15) is 0 Å². The molecule has 28 heavy (non-hydrogen) atoms. The molecule has 2 heterocycles. The molecule has 8 heteroatoms. The van der Waals surface area contributed by atoms with Crippen LogP contribution in [0.15, 0.2) is 91.7 Å². The second-order valence-electron chi connectivity index (χ2n) is 5.82. The second-order valence-corrected chi connectivity index (χ2v) is 8.14. The van der Waals surface area contributed by atoms with Gasteiger partial charge >= 0.3 is 0 Å². The van der Waals surface area contributed by atoms with Crippen molar-refractivity contribution < 1.29 is 22.2 Å². The van der Waals surface area contributed by atoms with Gasteiger partial charge in [0.05, 0.1) is 11.2 Å². The fraction of sp³-hybridized carbons (Fsp3) is 0. The van der Waals surface area contributed by atoms with Crippen LogP contribution in [0.25, 0.3) is 11.3 Å². The van der Waals surface area contributed by atoms with Gasteiger partial charge in [-0.1, -0.05) is 35.0 Å². The van der Waals surface area contributed by atoms with Crippen molar-refractivity contribution >= 4 is 27.2 Å². The summed E-state index contributed by atoms with van der Waals surface area (Å²) in [4.78, 5) is 12.5. The van der Waals surface area contributed by atoms with Crippen LogP contribution in [-0.4, -0.2) is 19.4 Å². The van der Waals surface area contributed by atoms with Gasteiger partial charge in [0.2, 0.25) is 9.84 Å². The summed E-state index contributed by atoms with van der Waals surface area (Å²) in [6.45, 7) is 0. The molecule has 6 nitrogen and oxygen atoms in total. The molecular formula is C20H12ClNO5S. The lowest BCUT2D eigenvalue weighted by Gasteiger charge is -2.06. The Morgan fingerprint density at radius 2 is 1.64 bits per heavy atom. The first-order valence-electron chi connectivity index (χ1n) is 8.12. The number of sulfone groups is 1. The number of hydrogen-bond acceptors (Lipinski definition) is 6. The van der Waals surface area contributed by atoms with Crippen LogP contribution in [0.3, 0.4) is 0 Å². The number of nitrogens with zero attached hydrogens (tertiary/aromatic N) is 1. The normalized spacial score (nSPS) is 11.5. The number of carbonyl (C=O) groups excluding carboxylic acids is 1. The fourth-order valence-corrected chi connectivity index (χ4v) is 4.36. The molecule has 0 unspecified atom stereocenters. The molecule has 2 aromatic heterocycles. The summed E-state index contributed by atoms with van der Waals surface area (Å²) in [5.74, 6) is -0.778. The van der Waals surface area contributed by atoms with E-state index >= 15 is 0 Å². The van der Waals surface area contributed by atoms with E-state index in [9.17, 15) is 13.2 Å². The van der Waals surface area contributed by atoms with Crippen molar-refractivity contribution in [1.29, 1.82) is 0 Å². The largest absolute Gasteiger partial charge is 0.461 e. The van der Waals surface area contributed by atoms with Gasteiger partial charge in [0.15, 0.2) is 22.1 Å². The number of aromatic nitrogens is 1. The van der Waals surface area contributed by atoms with Gasteiger partial charge in [-0.05, 0) is 48.5 Å². The van der Waals surface area contributed by atoms with E-state index in [1.165, 1.54) is 30.5 Å². The van der Waals surface area contributed by atoms with Crippen molar-refractivity contribution in [2.75, 3.05) is 0 Å². The zero-order valence-corrected chi connectivity index (χ0v) is 15.8. The Kier molecular flexibility index (Phi) is 4.62. The van der Waals surface area contributed by atoms with E-state index in [4.69, 9.17) is 20.5 Å². The smallest absolute Gasteiger partial charge is 0.251 e. The van der Waals surface area contributed by atoms with Crippen molar-refractivity contribution in [3.63, 3.8) is 0 Å². The monoisotopic (exact) mass is 413 g/mol. The van der Waals surface area contributed by atoms with E-state index in [2.05, 4.69) is 5.16 Å². The second kappa shape index (κ2) is 7.10. The van der Waals surface area contributed by atoms with Crippen LogP contribution in [0.4, 0.5) is 0 Å². The molecule has 0 aliphatic carbocycles. The first-order valence-corrected chi connectivity index (χ1v) is 9.98. The van der Waals surface area contributed by atoms with Crippen LogP contribution in [0.1, 0.15) is 16.2 Å². The van der Waals surface area contributed by atoms with Crippen LogP contribution in [0.2, 0.25) is 5.02 Å². The third-order valence-electron chi connectivity index (χ3n) is 4.04. The van der Waals surface area contributed by atoms with Gasteiger partial charge in [0, 0.05) is 10.6 Å². The molecule has 2 aromatic carbocycles. The minimum Gasteiger partial charge on any atom is -0.461 e. The highest BCUT2D eigenvalue weighted by Crippen LogP contribution is 2.35. The number of rotatable bonds is 5.